The standard InChI is InChI=1S/Ba.5H2O.Ti.2H/h;5*1H2;;;/q+2;;;;;;;2*-1. The maximum absolute atomic E-state index is 0. The molecule has 48 valence electrons. The van der Waals surface area contributed by atoms with Gasteiger partial charge >= 0.3 is 48.9 Å². The molecule has 7 heteroatoms. The predicted molar refractivity (Wildman–Crippen MR) is 26.0 cm³/mol. The Morgan fingerprint density at radius 1 is 0.571 bits per heavy atom. The van der Waals surface area contributed by atoms with Gasteiger partial charge < -0.3 is 30.2 Å². The second-order valence-electron chi connectivity index (χ2n) is 0. The van der Waals surface area contributed by atoms with Gasteiger partial charge in [-0.15, -0.1) is 0 Å². The van der Waals surface area contributed by atoms with Crippen molar-refractivity contribution in [1.82, 2.24) is 0 Å². The minimum Gasteiger partial charge on any atom is -1.00 e. The van der Waals surface area contributed by atoms with E-state index in [9.17, 15) is 0 Å². The molecule has 0 aromatic carbocycles. The van der Waals surface area contributed by atoms with Crippen molar-refractivity contribution in [1.29, 1.82) is 0 Å². The number of hydrogen-bond acceptors (Lipinski definition) is 0. The molecule has 0 spiro atoms. The Hall–Kier alpha value is 2.09. The molecule has 5 nitrogen and oxygen atoms in total. The molecule has 0 aliphatic carbocycles. The van der Waals surface area contributed by atoms with Crippen LogP contribution in [0.25, 0.3) is 0 Å². The van der Waals surface area contributed by atoms with Crippen LogP contribution in [0.15, 0.2) is 0 Å². The first-order chi connectivity index (χ1) is 0. The van der Waals surface area contributed by atoms with Gasteiger partial charge in [-0.25, -0.2) is 0 Å². The topological polar surface area (TPSA) is 158 Å². The molecule has 0 heterocycles. The predicted octanol–water partition coefficient (Wildman–Crippen LogP) is -4.28. The van der Waals surface area contributed by atoms with E-state index in [2.05, 4.69) is 0 Å². The molecular weight excluding hydrogens is 265 g/mol. The zero-order chi connectivity index (χ0) is 0. The van der Waals surface area contributed by atoms with Gasteiger partial charge in [-0.05, 0) is 0 Å². The summed E-state index contributed by atoms with van der Waals surface area (Å²) in [7, 11) is 0. The molecule has 0 aromatic heterocycles. The molecule has 0 saturated carbocycles. The third kappa shape index (κ3) is 68.8. The SMILES string of the molecule is O.O.O.O.O.[Ba+2].[H-].[H-].[Ti]. The Morgan fingerprint density at radius 2 is 0.571 bits per heavy atom. The Morgan fingerprint density at radius 3 is 0.571 bits per heavy atom. The summed E-state index contributed by atoms with van der Waals surface area (Å²) in [4.78, 5) is 0. The van der Waals surface area contributed by atoms with E-state index < -0.39 is 0 Å². The van der Waals surface area contributed by atoms with Crippen LogP contribution in [0.5, 0.6) is 0 Å². The molecule has 10 N–H and O–H groups in total. The summed E-state index contributed by atoms with van der Waals surface area (Å²) < 4.78 is 0. The van der Waals surface area contributed by atoms with Crippen LogP contribution in [-0.4, -0.2) is 76.3 Å². The van der Waals surface area contributed by atoms with E-state index in [4.69, 9.17) is 0 Å². The third-order valence-corrected chi connectivity index (χ3v) is 0. The molecule has 0 aromatic rings. The van der Waals surface area contributed by atoms with Crippen LogP contribution >= 0.6 is 0 Å². The zero-order valence-corrected chi connectivity index (χ0v) is 9.71. The van der Waals surface area contributed by atoms with E-state index in [1.165, 1.54) is 0 Å². The molecular formula is H12BaO5Ti. The van der Waals surface area contributed by atoms with Gasteiger partial charge in [-0.1, -0.05) is 0 Å². The quantitative estimate of drug-likeness (QED) is 0.393. The molecule has 0 rings (SSSR count). The zero-order valence-electron chi connectivity index (χ0n) is 5.71. The van der Waals surface area contributed by atoms with E-state index in [1.807, 2.05) is 0 Å². The number of hydrogen-bond donors (Lipinski definition) is 0. The van der Waals surface area contributed by atoms with Crippen molar-refractivity contribution in [3.8, 4) is 0 Å². The van der Waals surface area contributed by atoms with Gasteiger partial charge in [0.2, 0.25) is 0 Å². The molecule has 0 aliphatic heterocycles. The molecule has 0 radical (unpaired) electrons. The van der Waals surface area contributed by atoms with Crippen molar-refractivity contribution in [3.63, 3.8) is 0 Å². The fourth-order valence-electron chi connectivity index (χ4n) is 0. The molecule has 0 amide bonds. The first-order valence-electron chi connectivity index (χ1n) is 0. The van der Waals surface area contributed by atoms with Gasteiger partial charge in [-0.3, -0.25) is 0 Å². The number of rotatable bonds is 0. The van der Waals surface area contributed by atoms with Crippen LogP contribution in [0, 0.1) is 0 Å². The summed E-state index contributed by atoms with van der Waals surface area (Å²) in [5, 5.41) is 0. The van der Waals surface area contributed by atoms with Crippen LogP contribution in [0.1, 0.15) is 2.85 Å². The Bertz CT molecular complexity index is 14.9. The van der Waals surface area contributed by atoms with Gasteiger partial charge in [0.05, 0.1) is 0 Å². The Balaban J connectivity index is 0. The average molecular weight is 277 g/mol. The fraction of sp³-hybridized carbons (Fsp3) is 0. The summed E-state index contributed by atoms with van der Waals surface area (Å²) in [6.07, 6.45) is 0. The molecule has 7 heavy (non-hydrogen) atoms. The van der Waals surface area contributed by atoms with Crippen molar-refractivity contribution in [3.05, 3.63) is 0 Å². The van der Waals surface area contributed by atoms with E-state index >= 15 is 0 Å². The van der Waals surface area contributed by atoms with E-state index in [-0.39, 0.29) is 101 Å². The summed E-state index contributed by atoms with van der Waals surface area (Å²) in [5.41, 5.74) is 0. The molecule has 0 saturated heterocycles. The second kappa shape index (κ2) is 93.3. The molecule has 0 unspecified atom stereocenters. The van der Waals surface area contributed by atoms with Crippen molar-refractivity contribution in [2.75, 3.05) is 0 Å². The first kappa shape index (κ1) is 137. The van der Waals surface area contributed by atoms with E-state index in [1.54, 1.807) is 0 Å². The largest absolute Gasteiger partial charge is 2.00 e. The summed E-state index contributed by atoms with van der Waals surface area (Å²) in [6, 6.07) is 0. The van der Waals surface area contributed by atoms with E-state index in [0.29, 0.717) is 0 Å². The summed E-state index contributed by atoms with van der Waals surface area (Å²) in [6.45, 7) is 0. The van der Waals surface area contributed by atoms with Crippen molar-refractivity contribution >= 4 is 48.9 Å². The maximum atomic E-state index is 0. The molecule has 0 bridgehead atoms. The van der Waals surface area contributed by atoms with Crippen molar-refractivity contribution in [2.24, 2.45) is 0 Å². The molecule has 0 aliphatic rings. The minimum absolute atomic E-state index is 0. The molecule has 0 fully saturated rings. The summed E-state index contributed by atoms with van der Waals surface area (Å²) in [5.74, 6) is 0. The van der Waals surface area contributed by atoms with Gasteiger partial charge in [0.15, 0.2) is 0 Å². The monoisotopic (exact) mass is 278 g/mol. The van der Waals surface area contributed by atoms with Gasteiger partial charge in [-0.2, -0.15) is 0 Å². The van der Waals surface area contributed by atoms with Crippen LogP contribution in [-0.2, 0) is 21.7 Å². The van der Waals surface area contributed by atoms with Gasteiger partial charge in [0.1, 0.15) is 0 Å². The third-order valence-electron chi connectivity index (χ3n) is 0. The maximum Gasteiger partial charge on any atom is 2.00 e. The normalized spacial score (nSPS) is 0. The smallest absolute Gasteiger partial charge is 1.00 e. The van der Waals surface area contributed by atoms with Crippen molar-refractivity contribution in [2.45, 2.75) is 0 Å². The van der Waals surface area contributed by atoms with Crippen LogP contribution in [0.3, 0.4) is 0 Å². The Labute approximate surface area is 99.3 Å². The molecule has 0 atom stereocenters. The second-order valence-corrected chi connectivity index (χ2v) is 0. The fourth-order valence-corrected chi connectivity index (χ4v) is 0. The van der Waals surface area contributed by atoms with E-state index in [0.717, 1.165) is 0 Å². The van der Waals surface area contributed by atoms with Crippen LogP contribution in [0.4, 0.5) is 0 Å². The average Bonchev–Trinajstić information content (AvgIpc) is 0. The van der Waals surface area contributed by atoms with Crippen LogP contribution < -0.4 is 0 Å². The Kier molecular flexibility index (Phi) is 1820. The summed E-state index contributed by atoms with van der Waals surface area (Å²) >= 11 is 0. The first-order valence-corrected chi connectivity index (χ1v) is 0. The van der Waals surface area contributed by atoms with Crippen LogP contribution in [0.2, 0.25) is 0 Å². The minimum atomic E-state index is 0. The van der Waals surface area contributed by atoms with Gasteiger partial charge in [0.25, 0.3) is 0 Å². The van der Waals surface area contributed by atoms with Gasteiger partial charge in [0, 0.05) is 21.7 Å². The van der Waals surface area contributed by atoms with Crippen molar-refractivity contribution < 1.29 is 52.0 Å².